The quantitative estimate of drug-likeness (QED) is 0.263. The molecular formula is C23H15Br2ClN4O3. The lowest BCUT2D eigenvalue weighted by Gasteiger charge is -2.13. The van der Waals surface area contributed by atoms with Gasteiger partial charge in [-0.1, -0.05) is 43.5 Å². The van der Waals surface area contributed by atoms with Gasteiger partial charge in [-0.25, -0.2) is 4.68 Å². The second-order valence-electron chi connectivity index (χ2n) is 6.93. The van der Waals surface area contributed by atoms with Crippen molar-refractivity contribution in [3.8, 4) is 0 Å². The van der Waals surface area contributed by atoms with Gasteiger partial charge in [0.15, 0.2) is 0 Å². The fourth-order valence-corrected chi connectivity index (χ4v) is 3.84. The summed E-state index contributed by atoms with van der Waals surface area (Å²) in [5.41, 5.74) is 4.20. The summed E-state index contributed by atoms with van der Waals surface area (Å²) in [6, 6.07) is 20.4. The highest BCUT2D eigenvalue weighted by atomic mass is 79.9. The maximum atomic E-state index is 13.0. The number of nitrogens with one attached hydrogen (secondary N) is 3. The van der Waals surface area contributed by atoms with Crippen LogP contribution >= 0.6 is 43.5 Å². The number of nitrogens with zero attached hydrogens (tertiary/aromatic N) is 1. The molecule has 0 spiro atoms. The van der Waals surface area contributed by atoms with Gasteiger partial charge in [0.1, 0.15) is 5.69 Å². The molecule has 3 N–H and O–H groups in total. The smallest absolute Gasteiger partial charge is 0.321 e. The highest BCUT2D eigenvalue weighted by Gasteiger charge is 2.21. The Balaban J connectivity index is 1.61. The number of amides is 3. The van der Waals surface area contributed by atoms with Gasteiger partial charge in [-0.15, -0.1) is 0 Å². The molecule has 3 amide bonds. The fourth-order valence-electron chi connectivity index (χ4n) is 3.08. The monoisotopic (exact) mass is 588 g/mol. The number of aromatic nitrogens is 1. The summed E-state index contributed by atoms with van der Waals surface area (Å²) < 4.78 is 2.97. The van der Waals surface area contributed by atoms with Crippen molar-refractivity contribution in [3.05, 3.63) is 92.5 Å². The molecular weight excluding hydrogens is 576 g/mol. The Hall–Kier alpha value is -3.14. The topological polar surface area (TPSA) is 92.2 Å². The van der Waals surface area contributed by atoms with Crippen molar-refractivity contribution in [2.75, 3.05) is 16.1 Å². The lowest BCUT2D eigenvalue weighted by molar-refractivity contribution is -0.133. The number of rotatable bonds is 4. The van der Waals surface area contributed by atoms with Gasteiger partial charge < -0.3 is 10.6 Å². The van der Waals surface area contributed by atoms with E-state index in [4.69, 9.17) is 11.6 Å². The van der Waals surface area contributed by atoms with E-state index in [2.05, 4.69) is 47.9 Å². The molecule has 0 aliphatic carbocycles. The number of benzene rings is 3. The fraction of sp³-hybridized carbons (Fsp3) is 0. The maximum Gasteiger partial charge on any atom is 0.328 e. The zero-order valence-electron chi connectivity index (χ0n) is 16.7. The Labute approximate surface area is 210 Å². The largest absolute Gasteiger partial charge is 0.328 e. The van der Waals surface area contributed by atoms with E-state index in [-0.39, 0.29) is 5.69 Å². The third-order valence-corrected chi connectivity index (χ3v) is 5.89. The van der Waals surface area contributed by atoms with Crippen LogP contribution in [0.25, 0.3) is 10.9 Å². The zero-order valence-corrected chi connectivity index (χ0v) is 20.7. The first-order valence-corrected chi connectivity index (χ1v) is 11.5. The second-order valence-corrected chi connectivity index (χ2v) is 9.20. The van der Waals surface area contributed by atoms with E-state index in [0.29, 0.717) is 27.3 Å². The first-order chi connectivity index (χ1) is 15.8. The number of anilines is 2. The number of halogens is 3. The number of carbonyl (C=O) groups is 3. The molecule has 7 nitrogen and oxygen atoms in total. The molecule has 0 unspecified atom stereocenters. The van der Waals surface area contributed by atoms with Gasteiger partial charge in [-0.2, -0.15) is 0 Å². The molecule has 33 heavy (non-hydrogen) atoms. The van der Waals surface area contributed by atoms with Gasteiger partial charge in [0.2, 0.25) is 0 Å². The van der Waals surface area contributed by atoms with Crippen LogP contribution in [0.4, 0.5) is 11.4 Å². The van der Waals surface area contributed by atoms with E-state index >= 15 is 0 Å². The summed E-state index contributed by atoms with van der Waals surface area (Å²) in [4.78, 5) is 38.1. The molecule has 1 aromatic heterocycles. The third kappa shape index (κ3) is 5.44. The highest BCUT2D eigenvalue weighted by molar-refractivity contribution is 9.10. The lowest BCUT2D eigenvalue weighted by Crippen LogP contribution is -2.36. The van der Waals surface area contributed by atoms with Crippen LogP contribution in [0.2, 0.25) is 5.02 Å². The van der Waals surface area contributed by atoms with Crippen LogP contribution in [0.5, 0.6) is 0 Å². The van der Waals surface area contributed by atoms with Crippen LogP contribution < -0.4 is 16.1 Å². The molecule has 0 aliphatic heterocycles. The number of fused-ring (bicyclic) bond motifs is 1. The van der Waals surface area contributed by atoms with Crippen molar-refractivity contribution in [2.24, 2.45) is 0 Å². The van der Waals surface area contributed by atoms with Gasteiger partial charge in [0.05, 0.1) is 5.52 Å². The molecule has 0 saturated carbocycles. The van der Waals surface area contributed by atoms with Crippen molar-refractivity contribution in [3.63, 3.8) is 0 Å². The summed E-state index contributed by atoms with van der Waals surface area (Å²) in [5.74, 6) is -2.29. The van der Waals surface area contributed by atoms with Gasteiger partial charge in [-0.3, -0.25) is 19.8 Å². The van der Waals surface area contributed by atoms with E-state index in [0.717, 1.165) is 8.95 Å². The maximum absolute atomic E-state index is 13.0. The average Bonchev–Trinajstić information content (AvgIpc) is 3.14. The zero-order chi connectivity index (χ0) is 23.5. The number of hydrogen-bond acceptors (Lipinski definition) is 3. The van der Waals surface area contributed by atoms with Crippen LogP contribution in [0.3, 0.4) is 0 Å². The minimum absolute atomic E-state index is 0.152. The van der Waals surface area contributed by atoms with Crippen LogP contribution in [-0.2, 0) is 9.59 Å². The molecule has 1 heterocycles. The standard InChI is InChI=1S/C23H15Br2ClN4O3/c24-14-1-6-17(7-2-14)27-21(31)20-12-13-11-15(25)3-10-19(13)30(20)29-23(33)22(32)28-18-8-4-16(26)5-9-18/h1-12H,(H,27,31)(H,28,32)(H,29,33). The first-order valence-electron chi connectivity index (χ1n) is 9.56. The molecule has 0 bridgehead atoms. The Kier molecular flexibility index (Phi) is 6.83. The predicted molar refractivity (Wildman–Crippen MR) is 136 cm³/mol. The van der Waals surface area contributed by atoms with Crippen molar-refractivity contribution in [1.82, 2.24) is 4.68 Å². The molecule has 0 saturated heterocycles. The Morgan fingerprint density at radius 2 is 1.33 bits per heavy atom. The van der Waals surface area contributed by atoms with E-state index in [1.165, 1.54) is 4.68 Å². The van der Waals surface area contributed by atoms with Crippen molar-refractivity contribution in [2.45, 2.75) is 0 Å². The van der Waals surface area contributed by atoms with E-state index in [1.54, 1.807) is 66.7 Å². The molecule has 166 valence electrons. The van der Waals surface area contributed by atoms with Crippen molar-refractivity contribution >= 4 is 83.5 Å². The molecule has 4 aromatic rings. The molecule has 0 radical (unpaired) electrons. The normalized spacial score (nSPS) is 10.6. The Bertz CT molecular complexity index is 1370. The van der Waals surface area contributed by atoms with Gasteiger partial charge in [0, 0.05) is 30.7 Å². The van der Waals surface area contributed by atoms with Crippen molar-refractivity contribution in [1.29, 1.82) is 0 Å². The van der Waals surface area contributed by atoms with Crippen LogP contribution in [0.15, 0.2) is 81.7 Å². The summed E-state index contributed by atoms with van der Waals surface area (Å²) in [6.07, 6.45) is 0. The van der Waals surface area contributed by atoms with E-state index < -0.39 is 17.7 Å². The summed E-state index contributed by atoms with van der Waals surface area (Å²) in [5, 5.41) is 6.49. The highest BCUT2D eigenvalue weighted by Crippen LogP contribution is 2.24. The molecule has 0 atom stereocenters. The van der Waals surface area contributed by atoms with Crippen molar-refractivity contribution < 1.29 is 14.4 Å². The van der Waals surface area contributed by atoms with Gasteiger partial charge in [0.25, 0.3) is 5.91 Å². The molecule has 0 fully saturated rings. The van der Waals surface area contributed by atoms with Crippen LogP contribution in [0.1, 0.15) is 10.5 Å². The number of carbonyl (C=O) groups excluding carboxylic acids is 3. The SMILES string of the molecule is O=C(Nc1ccc(Cl)cc1)C(=O)Nn1c(C(=O)Nc2ccc(Br)cc2)cc2cc(Br)ccc21. The minimum Gasteiger partial charge on any atom is -0.321 e. The van der Waals surface area contributed by atoms with E-state index in [1.807, 2.05) is 6.07 Å². The van der Waals surface area contributed by atoms with Gasteiger partial charge in [-0.05, 0) is 72.8 Å². The summed E-state index contributed by atoms with van der Waals surface area (Å²) in [6.45, 7) is 0. The Morgan fingerprint density at radius 1 is 0.727 bits per heavy atom. The molecule has 0 aliphatic rings. The number of hydrogen-bond donors (Lipinski definition) is 3. The average molecular weight is 591 g/mol. The second kappa shape index (κ2) is 9.78. The lowest BCUT2D eigenvalue weighted by atomic mass is 10.2. The Morgan fingerprint density at radius 3 is 2.03 bits per heavy atom. The third-order valence-electron chi connectivity index (χ3n) is 4.62. The minimum atomic E-state index is -0.942. The first kappa shape index (κ1) is 23.0. The summed E-state index contributed by atoms with van der Waals surface area (Å²) >= 11 is 12.6. The molecule has 3 aromatic carbocycles. The van der Waals surface area contributed by atoms with Crippen LogP contribution in [0, 0.1) is 0 Å². The summed E-state index contributed by atoms with van der Waals surface area (Å²) in [7, 11) is 0. The molecule has 10 heteroatoms. The van der Waals surface area contributed by atoms with Gasteiger partial charge >= 0.3 is 11.8 Å². The van der Waals surface area contributed by atoms with E-state index in [9.17, 15) is 14.4 Å². The predicted octanol–water partition coefficient (Wildman–Crippen LogP) is 5.78. The molecule has 4 rings (SSSR count). The van der Waals surface area contributed by atoms with Crippen LogP contribution in [-0.4, -0.2) is 22.4 Å².